The first-order chi connectivity index (χ1) is 9.27. The van der Waals surface area contributed by atoms with Crippen LogP contribution in [0.4, 0.5) is 5.69 Å². The highest BCUT2D eigenvalue weighted by molar-refractivity contribution is 9.10. The van der Waals surface area contributed by atoms with Gasteiger partial charge in [0.15, 0.2) is 0 Å². The average molecular weight is 337 g/mol. The van der Waals surface area contributed by atoms with Crippen molar-refractivity contribution in [3.63, 3.8) is 0 Å². The van der Waals surface area contributed by atoms with Crippen molar-refractivity contribution in [2.24, 2.45) is 0 Å². The fraction of sp³-hybridized carbons (Fsp3) is 0.467. The van der Waals surface area contributed by atoms with E-state index >= 15 is 0 Å². The molecule has 1 aromatic carbocycles. The number of aromatic nitrogens is 3. The molecule has 0 bridgehead atoms. The van der Waals surface area contributed by atoms with Crippen molar-refractivity contribution in [1.29, 1.82) is 0 Å². The normalized spacial score (nSPS) is 11.7. The van der Waals surface area contributed by atoms with Crippen LogP contribution in [-0.2, 0) is 12.1 Å². The number of hydrogen-bond donors (Lipinski definition) is 1. The van der Waals surface area contributed by atoms with E-state index in [0.29, 0.717) is 6.54 Å². The van der Waals surface area contributed by atoms with Gasteiger partial charge in [-0.15, -0.1) is 5.10 Å². The summed E-state index contributed by atoms with van der Waals surface area (Å²) in [4.78, 5) is 0. The Bertz CT molecular complexity index is 588. The molecular weight excluding hydrogens is 316 g/mol. The summed E-state index contributed by atoms with van der Waals surface area (Å²) in [5.74, 6) is 0. The maximum atomic E-state index is 4.22. The Kier molecular flexibility index (Phi) is 4.18. The number of halogens is 1. The largest absolute Gasteiger partial charge is 0.379 e. The summed E-state index contributed by atoms with van der Waals surface area (Å²) in [6, 6.07) is 4.22. The number of rotatable bonds is 3. The third kappa shape index (κ3) is 3.39. The van der Waals surface area contributed by atoms with Crippen LogP contribution in [0, 0.1) is 13.8 Å². The van der Waals surface area contributed by atoms with Crippen molar-refractivity contribution in [3.05, 3.63) is 39.6 Å². The Hall–Kier alpha value is -1.36. The van der Waals surface area contributed by atoms with Crippen LogP contribution in [0.25, 0.3) is 0 Å². The van der Waals surface area contributed by atoms with Crippen LogP contribution in [0.2, 0.25) is 0 Å². The maximum absolute atomic E-state index is 4.22. The highest BCUT2D eigenvalue weighted by Crippen LogP contribution is 2.25. The Labute approximate surface area is 128 Å². The van der Waals surface area contributed by atoms with Crippen molar-refractivity contribution in [2.75, 3.05) is 5.32 Å². The molecule has 1 heterocycles. The minimum absolute atomic E-state index is 0.0330. The summed E-state index contributed by atoms with van der Waals surface area (Å²) < 4.78 is 3.00. The molecule has 0 spiro atoms. The highest BCUT2D eigenvalue weighted by Gasteiger charge is 2.15. The molecule has 0 aliphatic carbocycles. The number of benzene rings is 1. The molecule has 0 aliphatic heterocycles. The van der Waals surface area contributed by atoms with Gasteiger partial charge in [0.05, 0.1) is 18.3 Å². The second kappa shape index (κ2) is 5.56. The van der Waals surface area contributed by atoms with Crippen LogP contribution in [0.5, 0.6) is 0 Å². The minimum Gasteiger partial charge on any atom is -0.379 e. The second-order valence-corrected chi connectivity index (χ2v) is 7.01. The molecule has 0 saturated carbocycles. The van der Waals surface area contributed by atoms with Gasteiger partial charge in [-0.2, -0.15) is 0 Å². The molecule has 20 heavy (non-hydrogen) atoms. The lowest BCUT2D eigenvalue weighted by molar-refractivity contribution is 0.347. The van der Waals surface area contributed by atoms with Gasteiger partial charge in [0.1, 0.15) is 5.69 Å². The number of nitrogens with zero attached hydrogens (tertiary/aromatic N) is 3. The fourth-order valence-electron chi connectivity index (χ4n) is 2.08. The predicted molar refractivity (Wildman–Crippen MR) is 86.0 cm³/mol. The lowest BCUT2D eigenvalue weighted by atomic mass is 10.1. The van der Waals surface area contributed by atoms with Gasteiger partial charge in [-0.1, -0.05) is 21.1 Å². The zero-order valence-electron chi connectivity index (χ0n) is 12.7. The summed E-state index contributed by atoms with van der Waals surface area (Å²) in [6.07, 6.45) is 2.00. The zero-order chi connectivity index (χ0) is 14.9. The molecule has 5 heteroatoms. The van der Waals surface area contributed by atoms with Gasteiger partial charge >= 0.3 is 0 Å². The zero-order valence-corrected chi connectivity index (χ0v) is 14.2. The Morgan fingerprint density at radius 3 is 2.30 bits per heavy atom. The van der Waals surface area contributed by atoms with Crippen LogP contribution in [-0.4, -0.2) is 15.0 Å². The Morgan fingerprint density at radius 1 is 1.20 bits per heavy atom. The lowest BCUT2D eigenvalue weighted by Crippen LogP contribution is -2.22. The third-order valence-corrected chi connectivity index (χ3v) is 3.63. The first kappa shape index (κ1) is 15.0. The topological polar surface area (TPSA) is 42.7 Å². The monoisotopic (exact) mass is 336 g/mol. The molecule has 0 aliphatic rings. The van der Waals surface area contributed by atoms with E-state index in [0.717, 1.165) is 10.2 Å². The molecule has 1 N–H and O–H groups in total. The van der Waals surface area contributed by atoms with Crippen molar-refractivity contribution in [1.82, 2.24) is 15.0 Å². The second-order valence-electron chi connectivity index (χ2n) is 6.09. The number of aryl methyl sites for hydroxylation is 2. The quantitative estimate of drug-likeness (QED) is 0.920. The Morgan fingerprint density at radius 2 is 1.80 bits per heavy atom. The van der Waals surface area contributed by atoms with E-state index in [4.69, 9.17) is 0 Å². The lowest BCUT2D eigenvalue weighted by Gasteiger charge is -2.17. The van der Waals surface area contributed by atoms with Gasteiger partial charge < -0.3 is 5.32 Å². The molecule has 0 atom stereocenters. The molecule has 1 aromatic heterocycles. The first-order valence-electron chi connectivity index (χ1n) is 6.69. The molecule has 4 nitrogen and oxygen atoms in total. The molecular formula is C15H21BrN4. The van der Waals surface area contributed by atoms with Crippen molar-refractivity contribution < 1.29 is 0 Å². The van der Waals surface area contributed by atoms with Gasteiger partial charge in [-0.05, 0) is 57.9 Å². The molecule has 2 aromatic rings. The minimum atomic E-state index is -0.0330. The SMILES string of the molecule is Cc1cc(Br)cc(C)c1NCc1cn(C(C)(C)C)nn1. The van der Waals surface area contributed by atoms with Crippen molar-refractivity contribution in [3.8, 4) is 0 Å². The smallest absolute Gasteiger partial charge is 0.102 e. The molecule has 0 fully saturated rings. The highest BCUT2D eigenvalue weighted by atomic mass is 79.9. The molecule has 2 rings (SSSR count). The van der Waals surface area contributed by atoms with Crippen LogP contribution in [0.1, 0.15) is 37.6 Å². The summed E-state index contributed by atoms with van der Waals surface area (Å²) in [6.45, 7) is 11.2. The van der Waals surface area contributed by atoms with Crippen LogP contribution < -0.4 is 5.32 Å². The number of hydrogen-bond acceptors (Lipinski definition) is 3. The van der Waals surface area contributed by atoms with E-state index in [1.165, 1.54) is 16.8 Å². The summed E-state index contributed by atoms with van der Waals surface area (Å²) in [7, 11) is 0. The van der Waals surface area contributed by atoms with Gasteiger partial charge in [-0.25, -0.2) is 4.68 Å². The summed E-state index contributed by atoms with van der Waals surface area (Å²) in [5, 5.41) is 11.8. The molecule has 0 radical (unpaired) electrons. The van der Waals surface area contributed by atoms with E-state index < -0.39 is 0 Å². The van der Waals surface area contributed by atoms with Crippen LogP contribution >= 0.6 is 15.9 Å². The van der Waals surface area contributed by atoms with E-state index in [-0.39, 0.29) is 5.54 Å². The van der Waals surface area contributed by atoms with E-state index in [1.807, 2.05) is 10.9 Å². The molecule has 0 saturated heterocycles. The number of anilines is 1. The Balaban J connectivity index is 2.12. The third-order valence-electron chi connectivity index (χ3n) is 3.17. The van der Waals surface area contributed by atoms with Gasteiger partial charge in [-0.3, -0.25) is 0 Å². The van der Waals surface area contributed by atoms with E-state index in [9.17, 15) is 0 Å². The molecule has 0 unspecified atom stereocenters. The molecule has 108 valence electrons. The van der Waals surface area contributed by atoms with Gasteiger partial charge in [0, 0.05) is 10.2 Å². The summed E-state index contributed by atoms with van der Waals surface area (Å²) >= 11 is 3.51. The maximum Gasteiger partial charge on any atom is 0.102 e. The fourth-order valence-corrected chi connectivity index (χ4v) is 2.76. The summed E-state index contributed by atoms with van der Waals surface area (Å²) in [5.41, 5.74) is 4.52. The first-order valence-corrected chi connectivity index (χ1v) is 7.49. The van der Waals surface area contributed by atoms with Crippen LogP contribution in [0.3, 0.4) is 0 Å². The van der Waals surface area contributed by atoms with Gasteiger partial charge in [0.2, 0.25) is 0 Å². The van der Waals surface area contributed by atoms with Crippen LogP contribution in [0.15, 0.2) is 22.8 Å². The van der Waals surface area contributed by atoms with E-state index in [2.05, 4.69) is 78.3 Å². The van der Waals surface area contributed by atoms with E-state index in [1.54, 1.807) is 0 Å². The van der Waals surface area contributed by atoms with Crippen molar-refractivity contribution in [2.45, 2.75) is 46.7 Å². The number of nitrogens with one attached hydrogen (secondary N) is 1. The molecule has 0 amide bonds. The predicted octanol–water partition coefficient (Wildman–Crippen LogP) is 4.02. The van der Waals surface area contributed by atoms with Crippen molar-refractivity contribution >= 4 is 21.6 Å². The standard InChI is InChI=1S/C15H21BrN4/c1-10-6-12(16)7-11(2)14(10)17-8-13-9-20(19-18-13)15(3,4)5/h6-7,9,17H,8H2,1-5H3. The average Bonchev–Trinajstić information content (AvgIpc) is 2.75. The van der Waals surface area contributed by atoms with Gasteiger partial charge in [0.25, 0.3) is 0 Å².